The number of fused-ring (bicyclic) bond motifs is 1. The first kappa shape index (κ1) is 13.9. The number of benzene rings is 1. The van der Waals surface area contributed by atoms with Gasteiger partial charge >= 0.3 is 0 Å². The average molecular weight is 274 g/mol. The highest BCUT2D eigenvalue weighted by Gasteiger charge is 2.09. The smallest absolute Gasteiger partial charge is 0.140 e. The Kier molecular flexibility index (Phi) is 4.24. The van der Waals surface area contributed by atoms with E-state index in [-0.39, 0.29) is 5.84 Å². The molecule has 1 aromatic heterocycles. The molecule has 3 N–H and O–H groups in total. The van der Waals surface area contributed by atoms with E-state index >= 15 is 0 Å². The SMILES string of the molecule is COc1ccc2c(N(C)CC/C(N)=N/O)nccc2c1. The van der Waals surface area contributed by atoms with Crippen molar-refractivity contribution in [2.24, 2.45) is 10.9 Å². The standard InChI is InChI=1S/C14H18N4O2/c1-18(8-6-13(15)17-19)14-12-4-3-11(20-2)9-10(12)5-7-16-14/h3-5,7,9,19H,6,8H2,1-2H3,(H2,15,17). The number of nitrogens with two attached hydrogens (primary N) is 1. The molecule has 1 aromatic carbocycles. The summed E-state index contributed by atoms with van der Waals surface area (Å²) in [5.74, 6) is 1.88. The predicted octanol–water partition coefficient (Wildman–Crippen LogP) is 1.82. The molecular formula is C14H18N4O2. The molecule has 0 bridgehead atoms. The second-order valence-corrected chi connectivity index (χ2v) is 4.48. The van der Waals surface area contributed by atoms with Crippen molar-refractivity contribution in [2.75, 3.05) is 25.6 Å². The molecular weight excluding hydrogens is 256 g/mol. The minimum atomic E-state index is 0.207. The largest absolute Gasteiger partial charge is 0.497 e. The normalized spacial score (nSPS) is 11.6. The molecule has 0 radical (unpaired) electrons. The monoisotopic (exact) mass is 274 g/mol. The molecule has 0 aliphatic heterocycles. The molecule has 106 valence electrons. The number of hydrogen-bond acceptors (Lipinski definition) is 5. The van der Waals surface area contributed by atoms with Crippen LogP contribution in [0, 0.1) is 0 Å². The Labute approximate surface area is 117 Å². The van der Waals surface area contributed by atoms with Gasteiger partial charge in [0.25, 0.3) is 0 Å². The van der Waals surface area contributed by atoms with Gasteiger partial charge in [-0.25, -0.2) is 4.98 Å². The maximum Gasteiger partial charge on any atom is 0.140 e. The van der Waals surface area contributed by atoms with Gasteiger partial charge in [-0.3, -0.25) is 0 Å². The summed E-state index contributed by atoms with van der Waals surface area (Å²) >= 11 is 0. The minimum absolute atomic E-state index is 0.207. The molecule has 0 aliphatic rings. The number of methoxy groups -OCH3 is 1. The van der Waals surface area contributed by atoms with Crippen LogP contribution in [0.1, 0.15) is 6.42 Å². The van der Waals surface area contributed by atoms with Gasteiger partial charge in [0.2, 0.25) is 0 Å². The van der Waals surface area contributed by atoms with Gasteiger partial charge in [0.15, 0.2) is 0 Å². The zero-order valence-corrected chi connectivity index (χ0v) is 11.6. The zero-order valence-electron chi connectivity index (χ0n) is 11.6. The Hall–Kier alpha value is -2.50. The molecule has 0 amide bonds. The summed E-state index contributed by atoms with van der Waals surface area (Å²) in [6.45, 7) is 0.619. The van der Waals surface area contributed by atoms with E-state index in [1.807, 2.05) is 36.2 Å². The number of pyridine rings is 1. The quantitative estimate of drug-likeness (QED) is 0.376. The van der Waals surface area contributed by atoms with Crippen LogP contribution in [0.4, 0.5) is 5.82 Å². The van der Waals surface area contributed by atoms with Gasteiger partial charge in [-0.05, 0) is 29.7 Å². The lowest BCUT2D eigenvalue weighted by molar-refractivity contribution is 0.317. The third-order valence-electron chi connectivity index (χ3n) is 3.14. The fourth-order valence-corrected chi connectivity index (χ4v) is 2.01. The van der Waals surface area contributed by atoms with Crippen LogP contribution in [-0.2, 0) is 0 Å². The van der Waals surface area contributed by atoms with Crippen molar-refractivity contribution in [2.45, 2.75) is 6.42 Å². The van der Waals surface area contributed by atoms with E-state index in [1.54, 1.807) is 13.3 Å². The van der Waals surface area contributed by atoms with Crippen molar-refractivity contribution < 1.29 is 9.94 Å². The van der Waals surface area contributed by atoms with Crippen LogP contribution in [0.3, 0.4) is 0 Å². The second kappa shape index (κ2) is 6.10. The van der Waals surface area contributed by atoms with Crippen molar-refractivity contribution in [3.05, 3.63) is 30.5 Å². The maximum atomic E-state index is 8.56. The first-order valence-electron chi connectivity index (χ1n) is 6.26. The van der Waals surface area contributed by atoms with Gasteiger partial charge in [-0.2, -0.15) is 0 Å². The Bertz CT molecular complexity index is 628. The first-order valence-corrected chi connectivity index (χ1v) is 6.26. The van der Waals surface area contributed by atoms with Crippen LogP contribution >= 0.6 is 0 Å². The van der Waals surface area contributed by atoms with Gasteiger partial charge in [0.05, 0.1) is 7.11 Å². The molecule has 20 heavy (non-hydrogen) atoms. The van der Waals surface area contributed by atoms with Crippen molar-refractivity contribution in [1.29, 1.82) is 0 Å². The highest BCUT2D eigenvalue weighted by Crippen LogP contribution is 2.27. The van der Waals surface area contributed by atoms with E-state index in [4.69, 9.17) is 15.7 Å². The van der Waals surface area contributed by atoms with Crippen LogP contribution in [-0.4, -0.2) is 36.7 Å². The Morgan fingerprint density at radius 1 is 1.45 bits per heavy atom. The van der Waals surface area contributed by atoms with Crippen LogP contribution in [0.25, 0.3) is 10.8 Å². The van der Waals surface area contributed by atoms with Crippen LogP contribution in [0.5, 0.6) is 5.75 Å². The Balaban J connectivity index is 2.29. The topological polar surface area (TPSA) is 84.0 Å². The molecule has 0 aliphatic carbocycles. The number of hydrogen-bond donors (Lipinski definition) is 2. The predicted molar refractivity (Wildman–Crippen MR) is 79.6 cm³/mol. The van der Waals surface area contributed by atoms with E-state index in [1.165, 1.54) is 0 Å². The molecule has 0 saturated heterocycles. The molecule has 0 saturated carbocycles. The Morgan fingerprint density at radius 3 is 2.95 bits per heavy atom. The number of nitrogens with zero attached hydrogens (tertiary/aromatic N) is 3. The molecule has 0 spiro atoms. The molecule has 2 aromatic rings. The molecule has 1 heterocycles. The minimum Gasteiger partial charge on any atom is -0.497 e. The summed E-state index contributed by atoms with van der Waals surface area (Å²) < 4.78 is 5.22. The Morgan fingerprint density at radius 2 is 2.25 bits per heavy atom. The first-order chi connectivity index (χ1) is 9.65. The van der Waals surface area contributed by atoms with E-state index in [0.29, 0.717) is 13.0 Å². The van der Waals surface area contributed by atoms with Crippen molar-refractivity contribution >= 4 is 22.4 Å². The highest BCUT2D eigenvalue weighted by atomic mass is 16.5. The maximum absolute atomic E-state index is 8.56. The van der Waals surface area contributed by atoms with Crippen molar-refractivity contribution in [3.63, 3.8) is 0 Å². The highest BCUT2D eigenvalue weighted by molar-refractivity contribution is 5.93. The summed E-state index contributed by atoms with van der Waals surface area (Å²) in [4.78, 5) is 6.39. The summed E-state index contributed by atoms with van der Waals surface area (Å²) in [5.41, 5.74) is 5.49. The molecule has 6 nitrogen and oxygen atoms in total. The van der Waals surface area contributed by atoms with Crippen LogP contribution in [0.15, 0.2) is 35.6 Å². The summed E-state index contributed by atoms with van der Waals surface area (Å²) in [7, 11) is 3.57. The number of ether oxygens (including phenoxy) is 1. The van der Waals surface area contributed by atoms with Crippen LogP contribution < -0.4 is 15.4 Å². The molecule has 0 unspecified atom stereocenters. The van der Waals surface area contributed by atoms with E-state index < -0.39 is 0 Å². The lowest BCUT2D eigenvalue weighted by Crippen LogP contribution is -2.25. The van der Waals surface area contributed by atoms with Gasteiger partial charge in [0, 0.05) is 31.6 Å². The van der Waals surface area contributed by atoms with Gasteiger partial charge < -0.3 is 20.6 Å². The van der Waals surface area contributed by atoms with E-state index in [0.717, 1.165) is 22.3 Å². The third-order valence-corrected chi connectivity index (χ3v) is 3.14. The van der Waals surface area contributed by atoms with E-state index in [2.05, 4.69) is 10.1 Å². The third kappa shape index (κ3) is 2.90. The fourth-order valence-electron chi connectivity index (χ4n) is 2.01. The summed E-state index contributed by atoms with van der Waals surface area (Å²) in [6, 6.07) is 7.80. The van der Waals surface area contributed by atoms with E-state index in [9.17, 15) is 0 Å². The van der Waals surface area contributed by atoms with Crippen molar-refractivity contribution in [3.8, 4) is 5.75 Å². The van der Waals surface area contributed by atoms with Gasteiger partial charge in [-0.1, -0.05) is 5.16 Å². The summed E-state index contributed by atoms with van der Waals surface area (Å²) in [6.07, 6.45) is 2.23. The molecule has 2 rings (SSSR count). The lowest BCUT2D eigenvalue weighted by atomic mass is 10.1. The fraction of sp³-hybridized carbons (Fsp3) is 0.286. The molecule has 0 atom stereocenters. The lowest BCUT2D eigenvalue weighted by Gasteiger charge is -2.19. The molecule has 6 heteroatoms. The number of oxime groups is 1. The van der Waals surface area contributed by atoms with Gasteiger partial charge in [-0.15, -0.1) is 0 Å². The number of anilines is 1. The van der Waals surface area contributed by atoms with Crippen molar-refractivity contribution in [1.82, 2.24) is 4.98 Å². The number of aromatic nitrogens is 1. The summed E-state index contributed by atoms with van der Waals surface area (Å²) in [5, 5.41) is 13.6. The second-order valence-electron chi connectivity index (χ2n) is 4.48. The number of rotatable bonds is 5. The van der Waals surface area contributed by atoms with Crippen LogP contribution in [0.2, 0.25) is 0 Å². The number of amidine groups is 1. The molecule has 0 fully saturated rings. The van der Waals surface area contributed by atoms with Gasteiger partial charge in [0.1, 0.15) is 17.4 Å². The zero-order chi connectivity index (χ0) is 14.5. The average Bonchev–Trinajstić information content (AvgIpc) is 2.50.